The van der Waals surface area contributed by atoms with E-state index < -0.39 is 0 Å². The van der Waals surface area contributed by atoms with Crippen molar-refractivity contribution in [2.75, 3.05) is 11.5 Å². The monoisotopic (exact) mass is 424 g/mol. The quantitative estimate of drug-likeness (QED) is 0.209. The first-order chi connectivity index (χ1) is 14.2. The molecule has 6 heteroatoms. The van der Waals surface area contributed by atoms with Gasteiger partial charge in [0.05, 0.1) is 16.3 Å². The summed E-state index contributed by atoms with van der Waals surface area (Å²) in [4.78, 5) is 18.0. The van der Waals surface area contributed by atoms with Crippen molar-refractivity contribution in [1.29, 1.82) is 0 Å². The Morgan fingerprint density at radius 2 is 2.10 bits per heavy atom. The van der Waals surface area contributed by atoms with Crippen LogP contribution in [0.25, 0.3) is 5.69 Å². The van der Waals surface area contributed by atoms with E-state index in [0.29, 0.717) is 23.5 Å². The highest BCUT2D eigenvalue weighted by atomic mass is 32.2. The van der Waals surface area contributed by atoms with E-state index in [1.807, 2.05) is 19.1 Å². The molecule has 0 spiro atoms. The molecule has 1 aromatic carbocycles. The van der Waals surface area contributed by atoms with Gasteiger partial charge in [-0.15, -0.1) is 11.8 Å². The van der Waals surface area contributed by atoms with Crippen molar-refractivity contribution in [2.45, 2.75) is 58.3 Å². The first kappa shape index (κ1) is 22.2. The topological polar surface area (TPSA) is 86.4 Å². The average molecular weight is 425 g/mol. The molecule has 0 unspecified atom stereocenters. The number of aryl methyl sites for hydroxylation is 1. The zero-order chi connectivity index (χ0) is 22.1. The van der Waals surface area contributed by atoms with Gasteiger partial charge in [-0.25, -0.2) is 4.99 Å². The molecule has 0 atom stereocenters. The third kappa shape index (κ3) is 4.19. The number of ketones is 1. The Bertz CT molecular complexity index is 1020. The molecule has 1 aromatic heterocycles. The molecule has 5 nitrogen and oxygen atoms in total. The fourth-order valence-corrected chi connectivity index (χ4v) is 5.35. The zero-order valence-electron chi connectivity index (χ0n) is 18.4. The Morgan fingerprint density at radius 3 is 2.77 bits per heavy atom. The van der Waals surface area contributed by atoms with Gasteiger partial charge >= 0.3 is 0 Å². The standard InChI is InChI=1S/C24H32N4OS/c1-6-8-11-30-22-17(10-9-16(21(22)25)23(26)27-7-2)28-14-15(3)20-18(28)12-24(4,5)13-19(20)29/h7,9-10,14H,2,6,8,11-13,25H2,1,3-5H3,(H2,26,27). The number of hydrogen-bond acceptors (Lipinski definition) is 4. The van der Waals surface area contributed by atoms with Gasteiger partial charge in [0.15, 0.2) is 5.78 Å². The number of anilines is 1. The van der Waals surface area contributed by atoms with Crippen molar-refractivity contribution in [3.05, 3.63) is 53.5 Å². The van der Waals surface area contributed by atoms with Crippen molar-refractivity contribution >= 4 is 29.1 Å². The van der Waals surface area contributed by atoms with Gasteiger partial charge in [0.1, 0.15) is 5.84 Å². The van der Waals surface area contributed by atoms with Crippen LogP contribution < -0.4 is 11.5 Å². The molecule has 4 N–H and O–H groups in total. The van der Waals surface area contributed by atoms with Gasteiger partial charge in [-0.05, 0) is 48.6 Å². The van der Waals surface area contributed by atoms with E-state index in [2.05, 4.69) is 43.1 Å². The highest BCUT2D eigenvalue weighted by Gasteiger charge is 2.35. The second-order valence-electron chi connectivity index (χ2n) is 8.72. The summed E-state index contributed by atoms with van der Waals surface area (Å²) >= 11 is 1.74. The predicted octanol–water partition coefficient (Wildman–Crippen LogP) is 5.26. The van der Waals surface area contributed by atoms with Crippen molar-refractivity contribution in [1.82, 2.24) is 4.57 Å². The number of thioether (sulfide) groups is 1. The predicted molar refractivity (Wildman–Crippen MR) is 128 cm³/mol. The first-order valence-electron chi connectivity index (χ1n) is 10.4. The molecule has 0 aliphatic heterocycles. The van der Waals surface area contributed by atoms with Crippen LogP contribution in [0.5, 0.6) is 0 Å². The first-order valence-corrected chi connectivity index (χ1v) is 11.4. The fourth-order valence-electron chi connectivity index (χ4n) is 4.13. The van der Waals surface area contributed by atoms with E-state index in [0.717, 1.165) is 52.4 Å². The van der Waals surface area contributed by atoms with Crippen molar-refractivity contribution in [3.63, 3.8) is 0 Å². The number of amidine groups is 1. The molecule has 0 saturated heterocycles. The molecule has 0 amide bonds. The van der Waals surface area contributed by atoms with Crippen LogP contribution in [0.15, 0.2) is 41.0 Å². The molecular formula is C24H32N4OS. The molecule has 0 radical (unpaired) electrons. The van der Waals surface area contributed by atoms with Crippen molar-refractivity contribution in [3.8, 4) is 5.69 Å². The minimum atomic E-state index is -0.0608. The van der Waals surface area contributed by atoms with E-state index in [1.54, 1.807) is 11.8 Å². The van der Waals surface area contributed by atoms with Gasteiger partial charge in [-0.3, -0.25) is 4.79 Å². The molecule has 1 aliphatic rings. The third-order valence-electron chi connectivity index (χ3n) is 5.55. The lowest BCUT2D eigenvalue weighted by atomic mass is 9.75. The number of Topliss-reactive ketones (excluding diaryl/α,β-unsaturated/α-hetero) is 1. The van der Waals surface area contributed by atoms with Crippen LogP contribution in [0.2, 0.25) is 0 Å². The number of fused-ring (bicyclic) bond motifs is 1. The van der Waals surface area contributed by atoms with Crippen LogP contribution in [-0.2, 0) is 6.42 Å². The molecule has 160 valence electrons. The largest absolute Gasteiger partial charge is 0.397 e. The van der Waals surface area contributed by atoms with Crippen LogP contribution in [0.1, 0.15) is 67.2 Å². The lowest BCUT2D eigenvalue weighted by molar-refractivity contribution is 0.0910. The highest BCUT2D eigenvalue weighted by molar-refractivity contribution is 7.99. The summed E-state index contributed by atoms with van der Waals surface area (Å²) in [6.45, 7) is 12.1. The molecule has 3 rings (SSSR count). The number of nitrogen functional groups attached to an aromatic ring is 1. The fraction of sp³-hybridized carbons (Fsp3) is 0.417. The summed E-state index contributed by atoms with van der Waals surface area (Å²) in [6.07, 6.45) is 7.14. The van der Waals surface area contributed by atoms with Gasteiger partial charge in [-0.1, -0.05) is 33.8 Å². The van der Waals surface area contributed by atoms with Gasteiger partial charge in [0, 0.05) is 35.6 Å². The lowest BCUT2D eigenvalue weighted by Gasteiger charge is -2.30. The zero-order valence-corrected chi connectivity index (χ0v) is 19.2. The summed E-state index contributed by atoms with van der Waals surface area (Å²) in [6, 6.07) is 3.95. The Labute approximate surface area is 183 Å². The number of aromatic nitrogens is 1. The number of unbranched alkanes of at least 4 members (excludes halogenated alkanes) is 1. The van der Waals surface area contributed by atoms with E-state index >= 15 is 0 Å². The average Bonchev–Trinajstić information content (AvgIpc) is 2.98. The van der Waals surface area contributed by atoms with Gasteiger partial charge in [-0.2, -0.15) is 0 Å². The second-order valence-corrected chi connectivity index (χ2v) is 9.82. The Kier molecular flexibility index (Phi) is 6.46. The molecular weight excluding hydrogens is 392 g/mol. The molecule has 0 saturated carbocycles. The van der Waals surface area contributed by atoms with Crippen molar-refractivity contribution < 1.29 is 4.79 Å². The number of carbonyl (C=O) groups excluding carboxylic acids is 1. The number of hydrogen-bond donors (Lipinski definition) is 2. The molecule has 30 heavy (non-hydrogen) atoms. The van der Waals surface area contributed by atoms with Crippen molar-refractivity contribution in [2.24, 2.45) is 16.1 Å². The summed E-state index contributed by atoms with van der Waals surface area (Å²) in [5.41, 5.74) is 18.0. The van der Waals surface area contributed by atoms with Gasteiger partial charge in [0.2, 0.25) is 0 Å². The van der Waals surface area contributed by atoms with Crippen LogP contribution >= 0.6 is 11.8 Å². The lowest BCUT2D eigenvalue weighted by Crippen LogP contribution is -2.28. The van der Waals surface area contributed by atoms with E-state index in [4.69, 9.17) is 11.5 Å². The van der Waals surface area contributed by atoms with Crippen LogP contribution in [0.3, 0.4) is 0 Å². The number of nitrogens with zero attached hydrogens (tertiary/aromatic N) is 2. The Balaban J connectivity index is 2.20. The van der Waals surface area contributed by atoms with E-state index in [9.17, 15) is 4.79 Å². The maximum Gasteiger partial charge on any atom is 0.165 e. The highest BCUT2D eigenvalue weighted by Crippen LogP contribution is 2.41. The van der Waals surface area contributed by atoms with Crippen LogP contribution in [0, 0.1) is 12.3 Å². The van der Waals surface area contributed by atoms with E-state index in [-0.39, 0.29) is 11.2 Å². The van der Waals surface area contributed by atoms with Gasteiger partial charge in [0.25, 0.3) is 0 Å². The Morgan fingerprint density at radius 1 is 1.37 bits per heavy atom. The molecule has 0 bridgehead atoms. The number of nitrogens with two attached hydrogens (primary N) is 2. The number of aliphatic imine (C=N–C) groups is 1. The minimum absolute atomic E-state index is 0.0608. The van der Waals surface area contributed by atoms with Crippen LogP contribution in [-0.4, -0.2) is 21.9 Å². The maximum atomic E-state index is 12.9. The van der Waals surface area contributed by atoms with Crippen LogP contribution in [0.4, 0.5) is 5.69 Å². The molecule has 1 heterocycles. The third-order valence-corrected chi connectivity index (χ3v) is 6.76. The SMILES string of the molecule is C=C/N=C(/N)c1ccc(-n2cc(C)c3c2CC(C)(C)CC3=O)c(SCCCC)c1N. The number of rotatable bonds is 7. The minimum Gasteiger partial charge on any atom is -0.397 e. The smallest absolute Gasteiger partial charge is 0.165 e. The summed E-state index contributed by atoms with van der Waals surface area (Å²) < 4.78 is 2.17. The summed E-state index contributed by atoms with van der Waals surface area (Å²) in [5.74, 6) is 1.54. The molecule has 0 fully saturated rings. The Hall–Kier alpha value is -2.47. The molecule has 1 aliphatic carbocycles. The normalized spacial score (nSPS) is 15.9. The summed E-state index contributed by atoms with van der Waals surface area (Å²) in [5, 5.41) is 0. The second kappa shape index (κ2) is 8.72. The summed E-state index contributed by atoms with van der Waals surface area (Å²) in [7, 11) is 0. The number of benzene rings is 1. The number of carbonyl (C=O) groups is 1. The maximum absolute atomic E-state index is 12.9. The van der Waals surface area contributed by atoms with E-state index in [1.165, 1.54) is 6.20 Å². The van der Waals surface area contributed by atoms with Gasteiger partial charge < -0.3 is 16.0 Å². The molecule has 2 aromatic rings.